The number of nitrogens with zero attached hydrogens (tertiary/aromatic N) is 3. The largest absolute Gasteiger partial charge is 0.495 e. The van der Waals surface area contributed by atoms with E-state index >= 15 is 0 Å². The first-order valence-electron chi connectivity index (χ1n) is 5.42. The summed E-state index contributed by atoms with van der Waals surface area (Å²) in [6, 6.07) is 3.71. The van der Waals surface area contributed by atoms with Crippen LogP contribution in [0.2, 0.25) is 0 Å². The van der Waals surface area contributed by atoms with Gasteiger partial charge in [-0.25, -0.2) is 0 Å². The number of hydrogen-bond donors (Lipinski definition) is 1. The molecule has 90 valence electrons. The highest BCUT2D eigenvalue weighted by molar-refractivity contribution is 5.33. The van der Waals surface area contributed by atoms with E-state index in [-0.39, 0.29) is 6.04 Å². The van der Waals surface area contributed by atoms with Crippen LogP contribution in [0.1, 0.15) is 17.3 Å². The second-order valence-electron chi connectivity index (χ2n) is 3.91. The van der Waals surface area contributed by atoms with Gasteiger partial charge < -0.3 is 10.5 Å². The first-order valence-corrected chi connectivity index (χ1v) is 5.42. The molecule has 0 aliphatic carbocycles. The first-order chi connectivity index (χ1) is 8.20. The normalized spacial score (nSPS) is 12.4. The third-order valence-corrected chi connectivity index (χ3v) is 2.63. The second kappa shape index (κ2) is 4.97. The van der Waals surface area contributed by atoms with Gasteiger partial charge in [0, 0.05) is 37.5 Å². The molecule has 1 unspecified atom stereocenters. The first kappa shape index (κ1) is 11.6. The van der Waals surface area contributed by atoms with Gasteiger partial charge in [0.15, 0.2) is 0 Å². The summed E-state index contributed by atoms with van der Waals surface area (Å²) in [7, 11) is 3.51. The Morgan fingerprint density at radius 1 is 1.47 bits per heavy atom. The van der Waals surface area contributed by atoms with Gasteiger partial charge in [0.25, 0.3) is 0 Å². The number of pyridine rings is 1. The average molecular weight is 232 g/mol. The van der Waals surface area contributed by atoms with Crippen molar-refractivity contribution < 1.29 is 4.74 Å². The van der Waals surface area contributed by atoms with Crippen LogP contribution in [-0.2, 0) is 13.5 Å². The summed E-state index contributed by atoms with van der Waals surface area (Å²) in [6.45, 7) is 0. The minimum Gasteiger partial charge on any atom is -0.495 e. The zero-order chi connectivity index (χ0) is 12.3. The summed E-state index contributed by atoms with van der Waals surface area (Å²) < 4.78 is 7.01. The summed E-state index contributed by atoms with van der Waals surface area (Å²) in [5.74, 6) is 0.718. The molecule has 0 bridgehead atoms. The SMILES string of the molecule is COc1cnccc1C(N)Cc1ccn(C)n1. The van der Waals surface area contributed by atoms with E-state index in [1.165, 1.54) is 0 Å². The van der Waals surface area contributed by atoms with Gasteiger partial charge in [-0.15, -0.1) is 0 Å². The van der Waals surface area contributed by atoms with E-state index in [1.54, 1.807) is 24.2 Å². The van der Waals surface area contributed by atoms with Gasteiger partial charge in [-0.05, 0) is 12.1 Å². The molecule has 5 heteroatoms. The van der Waals surface area contributed by atoms with Gasteiger partial charge in [0.2, 0.25) is 0 Å². The number of rotatable bonds is 4. The third kappa shape index (κ3) is 2.62. The molecule has 5 nitrogen and oxygen atoms in total. The van der Waals surface area contributed by atoms with Crippen molar-refractivity contribution in [3.8, 4) is 5.75 Å². The summed E-state index contributed by atoms with van der Waals surface area (Å²) >= 11 is 0. The Labute approximate surface area is 100 Å². The molecule has 0 aromatic carbocycles. The Kier molecular flexibility index (Phi) is 3.39. The zero-order valence-corrected chi connectivity index (χ0v) is 10.00. The van der Waals surface area contributed by atoms with Crippen LogP contribution in [0.25, 0.3) is 0 Å². The van der Waals surface area contributed by atoms with Gasteiger partial charge in [-0.3, -0.25) is 9.67 Å². The predicted molar refractivity (Wildman–Crippen MR) is 64.6 cm³/mol. The van der Waals surface area contributed by atoms with E-state index in [2.05, 4.69) is 10.1 Å². The number of nitrogens with two attached hydrogens (primary N) is 1. The molecule has 0 spiro atoms. The number of methoxy groups -OCH3 is 1. The number of aryl methyl sites for hydroxylation is 1. The molecule has 0 fully saturated rings. The van der Waals surface area contributed by atoms with Crippen LogP contribution >= 0.6 is 0 Å². The lowest BCUT2D eigenvalue weighted by Gasteiger charge is -2.13. The maximum atomic E-state index is 6.16. The maximum Gasteiger partial charge on any atom is 0.141 e. The molecule has 2 aromatic rings. The summed E-state index contributed by atoms with van der Waals surface area (Å²) in [5.41, 5.74) is 8.08. The fourth-order valence-corrected chi connectivity index (χ4v) is 1.77. The molecule has 0 aliphatic rings. The number of hydrogen-bond acceptors (Lipinski definition) is 4. The molecule has 17 heavy (non-hydrogen) atoms. The van der Waals surface area contributed by atoms with Crippen molar-refractivity contribution in [2.24, 2.45) is 12.8 Å². The van der Waals surface area contributed by atoms with Crippen LogP contribution in [-0.4, -0.2) is 21.9 Å². The minimum atomic E-state index is -0.136. The van der Waals surface area contributed by atoms with Gasteiger partial charge >= 0.3 is 0 Å². The zero-order valence-electron chi connectivity index (χ0n) is 10.00. The van der Waals surface area contributed by atoms with Gasteiger partial charge in [0.05, 0.1) is 19.0 Å². The van der Waals surface area contributed by atoms with Crippen molar-refractivity contribution in [3.05, 3.63) is 42.0 Å². The standard InChI is InChI=1S/C12H16N4O/c1-16-6-4-9(15-16)7-11(13)10-3-5-14-8-12(10)17-2/h3-6,8,11H,7,13H2,1-2H3. The molecular weight excluding hydrogens is 216 g/mol. The Hall–Kier alpha value is -1.88. The van der Waals surface area contributed by atoms with Crippen LogP contribution in [0.4, 0.5) is 0 Å². The van der Waals surface area contributed by atoms with E-state index in [0.29, 0.717) is 6.42 Å². The lowest BCUT2D eigenvalue weighted by atomic mass is 10.0. The summed E-state index contributed by atoms with van der Waals surface area (Å²) in [5, 5.41) is 4.31. The second-order valence-corrected chi connectivity index (χ2v) is 3.91. The van der Waals surface area contributed by atoms with Crippen LogP contribution < -0.4 is 10.5 Å². The maximum absolute atomic E-state index is 6.16. The molecule has 2 rings (SSSR count). The molecule has 0 saturated heterocycles. The quantitative estimate of drug-likeness (QED) is 0.856. The van der Waals surface area contributed by atoms with E-state index in [1.807, 2.05) is 25.4 Å². The summed E-state index contributed by atoms with van der Waals surface area (Å²) in [6.07, 6.45) is 5.98. The highest BCUT2D eigenvalue weighted by Gasteiger charge is 2.13. The van der Waals surface area contributed by atoms with Crippen LogP contribution in [0.5, 0.6) is 5.75 Å². The Morgan fingerprint density at radius 2 is 2.29 bits per heavy atom. The van der Waals surface area contributed by atoms with Crippen molar-refractivity contribution in [2.75, 3.05) is 7.11 Å². The number of ether oxygens (including phenoxy) is 1. The Bertz CT molecular complexity index is 495. The highest BCUT2D eigenvalue weighted by Crippen LogP contribution is 2.24. The molecule has 2 heterocycles. The molecule has 1 atom stereocenters. The van der Waals surface area contributed by atoms with Crippen molar-refractivity contribution in [1.29, 1.82) is 0 Å². The van der Waals surface area contributed by atoms with Crippen LogP contribution in [0, 0.1) is 0 Å². The van der Waals surface area contributed by atoms with Crippen molar-refractivity contribution in [2.45, 2.75) is 12.5 Å². The smallest absolute Gasteiger partial charge is 0.141 e. The van der Waals surface area contributed by atoms with Crippen LogP contribution in [0.3, 0.4) is 0 Å². The molecule has 0 aliphatic heterocycles. The Balaban J connectivity index is 2.16. The van der Waals surface area contributed by atoms with E-state index in [9.17, 15) is 0 Å². The van der Waals surface area contributed by atoms with Crippen molar-refractivity contribution in [1.82, 2.24) is 14.8 Å². The average Bonchev–Trinajstić information content (AvgIpc) is 2.74. The molecule has 0 amide bonds. The van der Waals surface area contributed by atoms with Gasteiger partial charge in [0.1, 0.15) is 5.75 Å². The molecule has 2 aromatic heterocycles. The van der Waals surface area contributed by atoms with Gasteiger partial charge in [-0.1, -0.05) is 0 Å². The number of aromatic nitrogens is 3. The van der Waals surface area contributed by atoms with Crippen molar-refractivity contribution >= 4 is 0 Å². The predicted octanol–water partition coefficient (Wildman–Crippen LogP) is 1.07. The van der Waals surface area contributed by atoms with E-state index in [4.69, 9.17) is 10.5 Å². The topological polar surface area (TPSA) is 66.0 Å². The fraction of sp³-hybridized carbons (Fsp3) is 0.333. The Morgan fingerprint density at radius 3 is 2.94 bits per heavy atom. The summed E-state index contributed by atoms with van der Waals surface area (Å²) in [4.78, 5) is 4.01. The minimum absolute atomic E-state index is 0.136. The fourth-order valence-electron chi connectivity index (χ4n) is 1.77. The lowest BCUT2D eigenvalue weighted by Crippen LogP contribution is -2.15. The molecule has 0 saturated carbocycles. The lowest BCUT2D eigenvalue weighted by molar-refractivity contribution is 0.403. The molecule has 0 radical (unpaired) electrons. The molecule has 2 N–H and O–H groups in total. The third-order valence-electron chi connectivity index (χ3n) is 2.63. The molecular formula is C12H16N4O. The highest BCUT2D eigenvalue weighted by atomic mass is 16.5. The van der Waals surface area contributed by atoms with Crippen LogP contribution in [0.15, 0.2) is 30.7 Å². The van der Waals surface area contributed by atoms with Crippen molar-refractivity contribution in [3.63, 3.8) is 0 Å². The van der Waals surface area contributed by atoms with Gasteiger partial charge in [-0.2, -0.15) is 5.10 Å². The van der Waals surface area contributed by atoms with E-state index in [0.717, 1.165) is 17.0 Å². The van der Waals surface area contributed by atoms with E-state index < -0.39 is 0 Å². The monoisotopic (exact) mass is 232 g/mol.